The van der Waals surface area contributed by atoms with Crippen LogP contribution in [-0.2, 0) is 18.4 Å². The Morgan fingerprint density at radius 3 is 2.38 bits per heavy atom. The van der Waals surface area contributed by atoms with Crippen LogP contribution < -0.4 is 10.2 Å². The first kappa shape index (κ1) is 23.5. The summed E-state index contributed by atoms with van der Waals surface area (Å²) in [5.74, 6) is 0.0665. The number of phosphoric acid groups is 1. The predicted octanol–water partition coefficient (Wildman–Crippen LogP) is 1.92. The van der Waals surface area contributed by atoms with Gasteiger partial charge in [0.05, 0.1) is 26.7 Å². The normalized spacial score (nSPS) is 15.4. The maximum Gasteiger partial charge on any atom is 0.268 e. The van der Waals surface area contributed by atoms with Crippen molar-refractivity contribution in [2.45, 2.75) is 53.6 Å². The molecule has 0 heterocycles. The summed E-state index contributed by atoms with van der Waals surface area (Å²) in [5.41, 5.74) is -0.343. The van der Waals surface area contributed by atoms with Crippen LogP contribution in [0.4, 0.5) is 0 Å². The van der Waals surface area contributed by atoms with Gasteiger partial charge >= 0.3 is 0 Å². The fourth-order valence-electron chi connectivity index (χ4n) is 1.91. The van der Waals surface area contributed by atoms with E-state index in [1.165, 1.54) is 0 Å². The van der Waals surface area contributed by atoms with Crippen molar-refractivity contribution in [3.63, 3.8) is 0 Å². The summed E-state index contributed by atoms with van der Waals surface area (Å²) in [4.78, 5) is 23.5. The molecule has 1 unspecified atom stereocenters. The highest BCUT2D eigenvalue weighted by Crippen LogP contribution is 2.39. The van der Waals surface area contributed by atoms with Crippen LogP contribution in [0, 0.1) is 5.41 Å². The SMILES string of the molecule is CCC(C)(C)C(=O)NCCC[N+](C)(C)CCOP(=O)([O-])OC(C)C. The summed E-state index contributed by atoms with van der Waals surface area (Å²) < 4.78 is 21.7. The molecule has 0 aromatic rings. The molecular formula is C16H35N2O5P. The Kier molecular flexibility index (Phi) is 9.69. The average molecular weight is 366 g/mol. The molecule has 0 aliphatic rings. The van der Waals surface area contributed by atoms with Gasteiger partial charge in [-0.3, -0.25) is 9.36 Å². The van der Waals surface area contributed by atoms with Gasteiger partial charge in [0.25, 0.3) is 7.82 Å². The molecule has 0 rings (SSSR count). The van der Waals surface area contributed by atoms with Gasteiger partial charge in [0.1, 0.15) is 13.2 Å². The molecule has 1 atom stereocenters. The molecule has 0 aromatic carbocycles. The number of amides is 1. The zero-order valence-electron chi connectivity index (χ0n) is 16.3. The molecule has 1 N–H and O–H groups in total. The molecule has 0 spiro atoms. The molecule has 8 heteroatoms. The van der Waals surface area contributed by atoms with E-state index in [2.05, 4.69) is 5.32 Å². The molecule has 0 fully saturated rings. The van der Waals surface area contributed by atoms with E-state index >= 15 is 0 Å². The topological polar surface area (TPSA) is 87.7 Å². The van der Waals surface area contributed by atoms with E-state index in [0.717, 1.165) is 19.4 Å². The number of quaternary nitrogens is 1. The molecule has 0 aliphatic carbocycles. The van der Waals surface area contributed by atoms with E-state index in [-0.39, 0.29) is 17.9 Å². The van der Waals surface area contributed by atoms with Crippen molar-refractivity contribution in [1.29, 1.82) is 0 Å². The maximum atomic E-state index is 12.0. The zero-order chi connectivity index (χ0) is 19.0. The third kappa shape index (κ3) is 10.4. The van der Waals surface area contributed by atoms with E-state index in [4.69, 9.17) is 9.05 Å². The number of likely N-dealkylation sites (N-methyl/N-ethyl adjacent to an activating group) is 1. The summed E-state index contributed by atoms with van der Waals surface area (Å²) in [7, 11) is -0.218. The average Bonchev–Trinajstić information content (AvgIpc) is 2.41. The van der Waals surface area contributed by atoms with Gasteiger partial charge in [0.2, 0.25) is 5.91 Å². The number of nitrogens with one attached hydrogen (secondary N) is 1. The lowest BCUT2D eigenvalue weighted by molar-refractivity contribution is -0.890. The quantitative estimate of drug-likeness (QED) is 0.324. The molecule has 24 heavy (non-hydrogen) atoms. The molecule has 0 aromatic heterocycles. The third-order valence-electron chi connectivity index (χ3n) is 4.01. The Hall–Kier alpha value is -0.460. The number of hydrogen-bond acceptors (Lipinski definition) is 5. The monoisotopic (exact) mass is 366 g/mol. The zero-order valence-corrected chi connectivity index (χ0v) is 17.2. The first-order chi connectivity index (χ1) is 10.8. The Balaban J connectivity index is 4.06. The van der Waals surface area contributed by atoms with Gasteiger partial charge in [-0.2, -0.15) is 0 Å². The van der Waals surface area contributed by atoms with Gasteiger partial charge in [-0.05, 0) is 20.3 Å². The van der Waals surface area contributed by atoms with Crippen LogP contribution in [-0.4, -0.2) is 56.8 Å². The second kappa shape index (κ2) is 9.88. The smallest absolute Gasteiger partial charge is 0.268 e. The molecule has 0 radical (unpaired) electrons. The molecule has 0 saturated heterocycles. The first-order valence-corrected chi connectivity index (χ1v) is 10.0. The van der Waals surface area contributed by atoms with E-state index in [1.807, 2.05) is 34.9 Å². The minimum atomic E-state index is -4.22. The van der Waals surface area contributed by atoms with E-state index in [9.17, 15) is 14.3 Å². The standard InChI is InChI=1S/C16H35N2O5P/c1-8-16(4,5)15(19)17-10-9-11-18(6,7)12-13-22-24(20,21)23-14(2)3/h14H,8-13H2,1-7H3,(H-,17,19,20,21). The molecule has 7 nitrogen and oxygen atoms in total. The minimum absolute atomic E-state index is 0.0665. The lowest BCUT2D eigenvalue weighted by Gasteiger charge is -2.31. The second-order valence-electron chi connectivity index (χ2n) is 7.66. The van der Waals surface area contributed by atoms with Gasteiger partial charge in [0.15, 0.2) is 0 Å². The molecule has 1 amide bonds. The molecule has 0 saturated carbocycles. The van der Waals surface area contributed by atoms with Crippen LogP contribution in [0.25, 0.3) is 0 Å². The van der Waals surface area contributed by atoms with Crippen molar-refractivity contribution in [2.24, 2.45) is 5.41 Å². The lowest BCUT2D eigenvalue weighted by atomic mass is 9.89. The lowest BCUT2D eigenvalue weighted by Crippen LogP contribution is -2.45. The van der Waals surface area contributed by atoms with Gasteiger partial charge in [0, 0.05) is 18.4 Å². The van der Waals surface area contributed by atoms with Gasteiger partial charge in [-0.15, -0.1) is 0 Å². The number of hydrogen-bond donors (Lipinski definition) is 1. The highest BCUT2D eigenvalue weighted by Gasteiger charge is 2.25. The third-order valence-corrected chi connectivity index (χ3v) is 5.19. The van der Waals surface area contributed by atoms with Crippen molar-refractivity contribution < 1.29 is 27.8 Å². The maximum absolute atomic E-state index is 12.0. The summed E-state index contributed by atoms with van der Waals surface area (Å²) in [5, 5.41) is 2.95. The summed E-state index contributed by atoms with van der Waals surface area (Å²) in [6.07, 6.45) is 1.19. The fraction of sp³-hybridized carbons (Fsp3) is 0.938. The Morgan fingerprint density at radius 2 is 1.88 bits per heavy atom. The molecule has 144 valence electrons. The van der Waals surface area contributed by atoms with Crippen LogP contribution in [0.15, 0.2) is 0 Å². The van der Waals surface area contributed by atoms with Gasteiger partial charge in [-0.1, -0.05) is 20.8 Å². The van der Waals surface area contributed by atoms with Crippen molar-refractivity contribution in [2.75, 3.05) is 40.3 Å². The van der Waals surface area contributed by atoms with Crippen molar-refractivity contribution in [3.8, 4) is 0 Å². The van der Waals surface area contributed by atoms with Crippen molar-refractivity contribution in [1.82, 2.24) is 5.32 Å². The van der Waals surface area contributed by atoms with Crippen molar-refractivity contribution in [3.05, 3.63) is 0 Å². The van der Waals surface area contributed by atoms with Gasteiger partial charge < -0.3 is 23.7 Å². The number of nitrogens with zero attached hydrogens (tertiary/aromatic N) is 1. The van der Waals surface area contributed by atoms with Crippen LogP contribution in [0.3, 0.4) is 0 Å². The fourth-order valence-corrected chi connectivity index (χ4v) is 2.79. The summed E-state index contributed by atoms with van der Waals surface area (Å²) in [6, 6.07) is 0. The molecule has 0 bridgehead atoms. The summed E-state index contributed by atoms with van der Waals surface area (Å²) in [6.45, 7) is 11.2. The van der Waals surface area contributed by atoms with Crippen LogP contribution in [0.1, 0.15) is 47.5 Å². The number of rotatable bonds is 12. The Bertz CT molecular complexity index is 438. The number of carbonyl (C=O) groups is 1. The minimum Gasteiger partial charge on any atom is -0.756 e. The first-order valence-electron chi connectivity index (χ1n) is 8.55. The van der Waals surface area contributed by atoms with Crippen LogP contribution >= 0.6 is 7.82 Å². The highest BCUT2D eigenvalue weighted by molar-refractivity contribution is 7.45. The second-order valence-corrected chi connectivity index (χ2v) is 9.03. The number of phosphoric ester groups is 1. The Labute approximate surface area is 146 Å². The predicted molar refractivity (Wildman–Crippen MR) is 93.3 cm³/mol. The van der Waals surface area contributed by atoms with E-state index < -0.39 is 13.9 Å². The van der Waals surface area contributed by atoms with Gasteiger partial charge in [-0.25, -0.2) is 0 Å². The highest BCUT2D eigenvalue weighted by atomic mass is 31.2. The van der Waals surface area contributed by atoms with E-state index in [1.54, 1.807) is 13.8 Å². The number of carbonyl (C=O) groups excluding carboxylic acids is 1. The van der Waals surface area contributed by atoms with Crippen molar-refractivity contribution >= 4 is 13.7 Å². The Morgan fingerprint density at radius 1 is 1.29 bits per heavy atom. The van der Waals surface area contributed by atoms with Crippen LogP contribution in [0.2, 0.25) is 0 Å². The summed E-state index contributed by atoms with van der Waals surface area (Å²) >= 11 is 0. The largest absolute Gasteiger partial charge is 0.756 e. The molecule has 0 aliphatic heterocycles. The van der Waals surface area contributed by atoms with Crippen LogP contribution in [0.5, 0.6) is 0 Å². The molecular weight excluding hydrogens is 331 g/mol. The van der Waals surface area contributed by atoms with E-state index in [0.29, 0.717) is 17.6 Å².